The zero-order chi connectivity index (χ0) is 18.3. The second kappa shape index (κ2) is 6.72. The van der Waals surface area contributed by atoms with E-state index in [0.717, 1.165) is 60.5 Å². The highest BCUT2D eigenvalue weighted by Gasteiger charge is 2.26. The summed E-state index contributed by atoms with van der Waals surface area (Å²) in [4.78, 5) is 17.7. The average Bonchev–Trinajstić information content (AvgIpc) is 3.16. The lowest BCUT2D eigenvalue weighted by molar-refractivity contribution is 0.192. The van der Waals surface area contributed by atoms with Crippen LogP contribution in [0.1, 0.15) is 42.8 Å². The van der Waals surface area contributed by atoms with Crippen LogP contribution >= 0.6 is 0 Å². The molecule has 7 heteroatoms. The van der Waals surface area contributed by atoms with Crippen molar-refractivity contribution in [2.24, 2.45) is 0 Å². The molecule has 138 valence electrons. The van der Waals surface area contributed by atoms with Crippen molar-refractivity contribution in [3.05, 3.63) is 51.6 Å². The van der Waals surface area contributed by atoms with Crippen LogP contribution in [0.2, 0.25) is 0 Å². The highest BCUT2D eigenvalue weighted by atomic mass is 19.1. The normalized spacial score (nSPS) is 18.7. The van der Waals surface area contributed by atoms with Crippen molar-refractivity contribution in [2.75, 3.05) is 13.1 Å². The van der Waals surface area contributed by atoms with Crippen molar-refractivity contribution in [3.8, 4) is 0 Å². The lowest BCUT2D eigenvalue weighted by Crippen LogP contribution is -2.35. The number of aromatic nitrogens is 4. The molecule has 0 aliphatic carbocycles. The van der Waals surface area contributed by atoms with Crippen molar-refractivity contribution < 1.29 is 4.39 Å². The fourth-order valence-electron chi connectivity index (χ4n) is 4.09. The molecule has 0 bridgehead atoms. The van der Waals surface area contributed by atoms with E-state index < -0.39 is 0 Å². The van der Waals surface area contributed by atoms with Crippen LogP contribution in [0.15, 0.2) is 23.0 Å². The number of fused-ring (bicyclic) bond motifs is 1. The maximum Gasteiger partial charge on any atom is 0.343 e. The molecule has 0 saturated carbocycles. The number of nitrogens with one attached hydrogen (secondary N) is 2. The van der Waals surface area contributed by atoms with Crippen LogP contribution in [-0.2, 0) is 13.1 Å². The van der Waals surface area contributed by atoms with Crippen LogP contribution in [0.3, 0.4) is 0 Å². The Balaban J connectivity index is 1.55. The molecule has 3 aromatic rings. The summed E-state index contributed by atoms with van der Waals surface area (Å²) in [5.74, 6) is 0.905. The molecule has 2 N–H and O–H groups in total. The van der Waals surface area contributed by atoms with Gasteiger partial charge in [0.1, 0.15) is 11.6 Å². The van der Waals surface area contributed by atoms with Gasteiger partial charge in [-0.2, -0.15) is 5.10 Å². The zero-order valence-electron chi connectivity index (χ0n) is 15.2. The van der Waals surface area contributed by atoms with Gasteiger partial charge in [0.05, 0.1) is 0 Å². The van der Waals surface area contributed by atoms with Crippen molar-refractivity contribution in [1.29, 1.82) is 0 Å². The second-order valence-corrected chi connectivity index (χ2v) is 7.12. The predicted octanol–water partition coefficient (Wildman–Crippen LogP) is 2.90. The van der Waals surface area contributed by atoms with Gasteiger partial charge in [-0.15, -0.1) is 0 Å². The van der Waals surface area contributed by atoms with Gasteiger partial charge < -0.3 is 4.98 Å². The molecule has 4 rings (SSSR count). The minimum Gasteiger partial charge on any atom is -0.357 e. The van der Waals surface area contributed by atoms with Crippen molar-refractivity contribution in [2.45, 2.75) is 45.7 Å². The quantitative estimate of drug-likeness (QED) is 0.754. The number of aryl methyl sites for hydroxylation is 1. The Morgan fingerprint density at radius 3 is 3.04 bits per heavy atom. The van der Waals surface area contributed by atoms with E-state index >= 15 is 0 Å². The van der Waals surface area contributed by atoms with Crippen molar-refractivity contribution >= 4 is 10.9 Å². The Kier molecular flexibility index (Phi) is 4.40. The summed E-state index contributed by atoms with van der Waals surface area (Å²) in [5.41, 5.74) is 3.07. The van der Waals surface area contributed by atoms with E-state index in [1.54, 1.807) is 16.7 Å². The van der Waals surface area contributed by atoms with Crippen molar-refractivity contribution in [1.82, 2.24) is 24.6 Å². The molecule has 1 aliphatic rings. The third-order valence-corrected chi connectivity index (χ3v) is 5.48. The van der Waals surface area contributed by atoms with Gasteiger partial charge in [0, 0.05) is 42.1 Å². The van der Waals surface area contributed by atoms with Crippen LogP contribution in [0.5, 0.6) is 0 Å². The van der Waals surface area contributed by atoms with E-state index in [0.29, 0.717) is 6.54 Å². The maximum atomic E-state index is 13.5. The first-order chi connectivity index (χ1) is 12.6. The van der Waals surface area contributed by atoms with Gasteiger partial charge in [0.15, 0.2) is 0 Å². The molecule has 1 aliphatic heterocycles. The number of halogens is 1. The smallest absolute Gasteiger partial charge is 0.343 e. The van der Waals surface area contributed by atoms with Gasteiger partial charge in [-0.05, 0) is 57.0 Å². The lowest BCUT2D eigenvalue weighted by Gasteiger charge is -2.32. The monoisotopic (exact) mass is 357 g/mol. The molecule has 0 radical (unpaired) electrons. The Morgan fingerprint density at radius 2 is 2.23 bits per heavy atom. The summed E-state index contributed by atoms with van der Waals surface area (Å²) in [5, 5.41) is 7.79. The van der Waals surface area contributed by atoms with E-state index in [2.05, 4.69) is 20.1 Å². The average molecular weight is 357 g/mol. The molecule has 3 heterocycles. The molecule has 0 amide bonds. The molecular formula is C19H24FN5O. The highest BCUT2D eigenvalue weighted by Crippen LogP contribution is 2.28. The largest absolute Gasteiger partial charge is 0.357 e. The Bertz CT molecular complexity index is 986. The third-order valence-electron chi connectivity index (χ3n) is 5.48. The number of aromatic amines is 2. The molecule has 6 nitrogen and oxygen atoms in total. The molecule has 2 aromatic heterocycles. The summed E-state index contributed by atoms with van der Waals surface area (Å²) >= 11 is 0. The third kappa shape index (κ3) is 2.96. The van der Waals surface area contributed by atoms with Gasteiger partial charge in [-0.25, -0.2) is 14.3 Å². The second-order valence-electron chi connectivity index (χ2n) is 7.12. The van der Waals surface area contributed by atoms with Crippen LogP contribution in [-0.4, -0.2) is 37.7 Å². The summed E-state index contributed by atoms with van der Waals surface area (Å²) in [6, 6.07) is 4.87. The molecule has 26 heavy (non-hydrogen) atoms. The highest BCUT2D eigenvalue weighted by molar-refractivity contribution is 5.84. The summed E-state index contributed by atoms with van der Waals surface area (Å²) in [6.07, 6.45) is 2.11. The van der Waals surface area contributed by atoms with Gasteiger partial charge in [-0.3, -0.25) is 9.47 Å². The number of nitrogens with zero attached hydrogens (tertiary/aromatic N) is 3. The standard InChI is InChI=1S/C19H24FN5O/c1-3-25-18(22-23-19(25)26)13-5-4-8-24(10-13)11-17-12(2)15-9-14(20)6-7-16(15)21-17/h6-7,9,13,21H,3-5,8,10-11H2,1-2H3,(H,23,26). The van der Waals surface area contributed by atoms with Gasteiger partial charge >= 0.3 is 5.69 Å². The Hall–Kier alpha value is -2.41. The fourth-order valence-corrected chi connectivity index (χ4v) is 4.09. The topological polar surface area (TPSA) is 69.7 Å². The maximum absolute atomic E-state index is 13.5. The molecule has 1 aromatic carbocycles. The lowest BCUT2D eigenvalue weighted by atomic mass is 9.96. The Morgan fingerprint density at radius 1 is 1.38 bits per heavy atom. The summed E-state index contributed by atoms with van der Waals surface area (Å²) in [7, 11) is 0. The molecule has 0 spiro atoms. The first-order valence-electron chi connectivity index (χ1n) is 9.21. The van der Waals surface area contributed by atoms with Crippen LogP contribution in [0.4, 0.5) is 4.39 Å². The summed E-state index contributed by atoms with van der Waals surface area (Å²) in [6.45, 7) is 7.31. The minimum atomic E-state index is -0.208. The number of H-pyrrole nitrogens is 2. The summed E-state index contributed by atoms with van der Waals surface area (Å²) < 4.78 is 15.3. The predicted molar refractivity (Wildman–Crippen MR) is 98.8 cm³/mol. The zero-order valence-corrected chi connectivity index (χ0v) is 15.2. The van der Waals surface area contributed by atoms with Crippen LogP contribution in [0, 0.1) is 12.7 Å². The molecule has 1 atom stereocenters. The molecule has 1 unspecified atom stereocenters. The van der Waals surface area contributed by atoms with Crippen molar-refractivity contribution in [3.63, 3.8) is 0 Å². The SMILES string of the molecule is CCn1c(C2CCCN(Cc3[nH]c4ccc(F)cc4c3C)C2)n[nH]c1=O. The van der Waals surface area contributed by atoms with Gasteiger partial charge in [-0.1, -0.05) is 0 Å². The van der Waals surface area contributed by atoms with Crippen LogP contribution in [0.25, 0.3) is 10.9 Å². The number of rotatable bonds is 4. The molecular weight excluding hydrogens is 333 g/mol. The molecule has 1 fully saturated rings. The number of hydrogen-bond donors (Lipinski definition) is 2. The number of likely N-dealkylation sites (tertiary alicyclic amines) is 1. The van der Waals surface area contributed by atoms with Gasteiger partial charge in [0.2, 0.25) is 0 Å². The Labute approximate surface area is 151 Å². The number of piperidine rings is 1. The molecule has 1 saturated heterocycles. The first kappa shape index (κ1) is 17.0. The van der Waals surface area contributed by atoms with E-state index in [1.165, 1.54) is 6.07 Å². The van der Waals surface area contributed by atoms with E-state index in [9.17, 15) is 9.18 Å². The van der Waals surface area contributed by atoms with E-state index in [4.69, 9.17) is 0 Å². The van der Waals surface area contributed by atoms with Gasteiger partial charge in [0.25, 0.3) is 0 Å². The van der Waals surface area contributed by atoms with E-state index in [-0.39, 0.29) is 17.4 Å². The minimum absolute atomic E-state index is 0.131. The number of benzene rings is 1. The fraction of sp³-hybridized carbons (Fsp3) is 0.474. The van der Waals surface area contributed by atoms with Crippen LogP contribution < -0.4 is 5.69 Å². The first-order valence-corrected chi connectivity index (χ1v) is 9.21. The van der Waals surface area contributed by atoms with E-state index in [1.807, 2.05) is 13.8 Å². The number of hydrogen-bond acceptors (Lipinski definition) is 3.